The Bertz CT molecular complexity index is 263. The summed E-state index contributed by atoms with van der Waals surface area (Å²) in [5, 5.41) is 2.53. The molecule has 0 spiro atoms. The van der Waals surface area contributed by atoms with Crippen molar-refractivity contribution in [3.8, 4) is 0 Å². The summed E-state index contributed by atoms with van der Waals surface area (Å²) in [6.07, 6.45) is 1.35. The molecule has 0 aromatic rings. The molecule has 0 aliphatic heterocycles. The first kappa shape index (κ1) is 12.7. The summed E-state index contributed by atoms with van der Waals surface area (Å²) in [5.74, 6) is -0.00973. The van der Waals surface area contributed by atoms with Gasteiger partial charge in [0.2, 0.25) is 5.91 Å². The number of halogens is 1. The number of nitrogens with one attached hydrogen (secondary N) is 1. The lowest BCUT2D eigenvalue weighted by atomic mass is 10.3. The van der Waals surface area contributed by atoms with Gasteiger partial charge < -0.3 is 5.32 Å². The van der Waals surface area contributed by atoms with Crippen LogP contribution in [0.3, 0.4) is 0 Å². The second kappa shape index (κ2) is 5.44. The highest BCUT2D eigenvalue weighted by molar-refractivity contribution is 7.90. The van der Waals surface area contributed by atoms with Crippen LogP contribution in [0.5, 0.6) is 0 Å². The number of rotatable bonds is 5. The van der Waals surface area contributed by atoms with Crippen molar-refractivity contribution in [3.05, 3.63) is 0 Å². The standard InChI is InChI=1S/C7H14ClNO3S/c1-6(5-13(2,11)12)9-7(10)3-4-8/h6H,3-5H2,1-2H3,(H,9,10). The number of hydrogen-bond donors (Lipinski definition) is 1. The lowest BCUT2D eigenvalue weighted by Crippen LogP contribution is -2.37. The van der Waals surface area contributed by atoms with Crippen LogP contribution in [0.15, 0.2) is 0 Å². The molecule has 0 aromatic heterocycles. The summed E-state index contributed by atoms with van der Waals surface area (Å²) in [4.78, 5) is 10.9. The third-order valence-corrected chi connectivity index (χ3v) is 2.58. The van der Waals surface area contributed by atoms with Gasteiger partial charge in [0.05, 0.1) is 5.75 Å². The van der Waals surface area contributed by atoms with E-state index in [-0.39, 0.29) is 30.0 Å². The molecule has 0 saturated heterocycles. The van der Waals surface area contributed by atoms with E-state index in [9.17, 15) is 13.2 Å². The number of carbonyl (C=O) groups is 1. The summed E-state index contributed by atoms with van der Waals surface area (Å²) in [5.41, 5.74) is 0. The minimum absolute atomic E-state index is 0.0406. The Morgan fingerprint density at radius 1 is 1.54 bits per heavy atom. The van der Waals surface area contributed by atoms with Gasteiger partial charge in [0.25, 0.3) is 0 Å². The molecule has 1 unspecified atom stereocenters. The Labute approximate surface area is 83.6 Å². The highest BCUT2D eigenvalue weighted by Crippen LogP contribution is 1.92. The zero-order valence-corrected chi connectivity index (χ0v) is 9.28. The van der Waals surface area contributed by atoms with E-state index >= 15 is 0 Å². The van der Waals surface area contributed by atoms with Gasteiger partial charge in [-0.25, -0.2) is 8.42 Å². The molecule has 0 heterocycles. The molecular weight excluding hydrogens is 214 g/mol. The van der Waals surface area contributed by atoms with Gasteiger partial charge in [-0.05, 0) is 6.92 Å². The highest BCUT2D eigenvalue weighted by atomic mass is 35.5. The Morgan fingerprint density at radius 2 is 2.08 bits per heavy atom. The maximum atomic E-state index is 10.9. The summed E-state index contributed by atoms with van der Waals surface area (Å²) in [6.45, 7) is 1.65. The highest BCUT2D eigenvalue weighted by Gasteiger charge is 2.12. The predicted octanol–water partition coefficient (Wildman–Crippen LogP) is 0.165. The first-order chi connectivity index (χ1) is 5.85. The van der Waals surface area contributed by atoms with Gasteiger partial charge in [-0.2, -0.15) is 0 Å². The molecule has 0 aliphatic rings. The Balaban J connectivity index is 3.88. The van der Waals surface area contributed by atoms with E-state index in [0.717, 1.165) is 6.26 Å². The first-order valence-electron chi connectivity index (χ1n) is 3.88. The second-order valence-corrected chi connectivity index (χ2v) is 5.56. The van der Waals surface area contributed by atoms with Crippen molar-refractivity contribution < 1.29 is 13.2 Å². The van der Waals surface area contributed by atoms with E-state index < -0.39 is 9.84 Å². The molecule has 0 radical (unpaired) electrons. The molecular formula is C7H14ClNO3S. The van der Waals surface area contributed by atoms with E-state index in [1.54, 1.807) is 6.92 Å². The van der Waals surface area contributed by atoms with Crippen LogP contribution >= 0.6 is 11.6 Å². The van der Waals surface area contributed by atoms with Crippen molar-refractivity contribution in [2.75, 3.05) is 17.9 Å². The Morgan fingerprint density at radius 3 is 2.46 bits per heavy atom. The fourth-order valence-electron chi connectivity index (χ4n) is 0.929. The van der Waals surface area contributed by atoms with Crippen LogP contribution in [-0.4, -0.2) is 38.3 Å². The fourth-order valence-corrected chi connectivity index (χ4v) is 2.09. The minimum atomic E-state index is -3.03. The molecule has 1 N–H and O–H groups in total. The molecule has 6 heteroatoms. The smallest absolute Gasteiger partial charge is 0.221 e. The molecule has 0 saturated carbocycles. The van der Waals surface area contributed by atoms with E-state index in [2.05, 4.69) is 5.32 Å². The maximum absolute atomic E-state index is 10.9. The van der Waals surface area contributed by atoms with Gasteiger partial charge in [0.15, 0.2) is 0 Å². The van der Waals surface area contributed by atoms with Gasteiger partial charge in [-0.15, -0.1) is 11.6 Å². The molecule has 1 atom stereocenters. The molecule has 0 aromatic carbocycles. The van der Waals surface area contributed by atoms with Crippen LogP contribution in [0, 0.1) is 0 Å². The third-order valence-electron chi connectivity index (χ3n) is 1.28. The van der Waals surface area contributed by atoms with Gasteiger partial charge in [0.1, 0.15) is 9.84 Å². The van der Waals surface area contributed by atoms with Crippen molar-refractivity contribution in [3.63, 3.8) is 0 Å². The molecule has 0 aliphatic carbocycles. The quantitative estimate of drug-likeness (QED) is 0.681. The molecule has 13 heavy (non-hydrogen) atoms. The van der Waals surface area contributed by atoms with Crippen LogP contribution < -0.4 is 5.32 Å². The second-order valence-electron chi connectivity index (χ2n) is 3.00. The summed E-state index contributed by atoms with van der Waals surface area (Å²) in [6, 6.07) is -0.356. The molecule has 0 bridgehead atoms. The molecule has 1 amide bonds. The molecule has 78 valence electrons. The van der Waals surface area contributed by atoms with E-state index in [0.29, 0.717) is 0 Å². The Kier molecular flexibility index (Phi) is 5.32. The largest absolute Gasteiger partial charge is 0.353 e. The number of hydrogen-bond acceptors (Lipinski definition) is 3. The van der Waals surface area contributed by atoms with E-state index in [1.807, 2.05) is 0 Å². The maximum Gasteiger partial charge on any atom is 0.221 e. The van der Waals surface area contributed by atoms with Gasteiger partial charge in [-0.1, -0.05) is 0 Å². The van der Waals surface area contributed by atoms with E-state index in [4.69, 9.17) is 11.6 Å². The topological polar surface area (TPSA) is 63.2 Å². The molecule has 0 rings (SSSR count). The predicted molar refractivity (Wildman–Crippen MR) is 52.7 cm³/mol. The van der Waals surface area contributed by atoms with Crippen LogP contribution in [0.4, 0.5) is 0 Å². The van der Waals surface area contributed by atoms with Crippen LogP contribution in [0.1, 0.15) is 13.3 Å². The van der Waals surface area contributed by atoms with Crippen LogP contribution in [-0.2, 0) is 14.6 Å². The zero-order valence-electron chi connectivity index (χ0n) is 7.71. The normalized spacial score (nSPS) is 13.8. The molecule has 0 fully saturated rings. The van der Waals surface area contributed by atoms with E-state index in [1.165, 1.54) is 0 Å². The number of sulfone groups is 1. The average molecular weight is 228 g/mol. The minimum Gasteiger partial charge on any atom is -0.353 e. The first-order valence-corrected chi connectivity index (χ1v) is 6.47. The van der Waals surface area contributed by atoms with Gasteiger partial charge >= 0.3 is 0 Å². The summed E-state index contributed by atoms with van der Waals surface area (Å²) < 4.78 is 21.6. The Hall–Kier alpha value is -0.290. The van der Waals surface area contributed by atoms with Gasteiger partial charge in [0, 0.05) is 24.6 Å². The lowest BCUT2D eigenvalue weighted by Gasteiger charge is -2.11. The van der Waals surface area contributed by atoms with Crippen molar-refractivity contribution in [1.29, 1.82) is 0 Å². The summed E-state index contributed by atoms with van der Waals surface area (Å²) in [7, 11) is -3.03. The zero-order chi connectivity index (χ0) is 10.5. The lowest BCUT2D eigenvalue weighted by molar-refractivity contribution is -0.121. The van der Waals surface area contributed by atoms with Crippen molar-refractivity contribution >= 4 is 27.3 Å². The van der Waals surface area contributed by atoms with Crippen LogP contribution in [0.25, 0.3) is 0 Å². The SMILES string of the molecule is CC(CS(C)(=O)=O)NC(=O)CCCl. The van der Waals surface area contributed by atoms with Crippen molar-refractivity contribution in [2.45, 2.75) is 19.4 Å². The van der Waals surface area contributed by atoms with Crippen molar-refractivity contribution in [2.24, 2.45) is 0 Å². The fraction of sp³-hybridized carbons (Fsp3) is 0.857. The number of carbonyl (C=O) groups excluding carboxylic acids is 1. The van der Waals surface area contributed by atoms with Crippen molar-refractivity contribution in [1.82, 2.24) is 5.32 Å². The summed E-state index contributed by atoms with van der Waals surface area (Å²) >= 11 is 5.33. The average Bonchev–Trinajstić information content (AvgIpc) is 1.81. The van der Waals surface area contributed by atoms with Crippen LogP contribution in [0.2, 0.25) is 0 Å². The molecule has 4 nitrogen and oxygen atoms in total. The monoisotopic (exact) mass is 227 g/mol. The number of amides is 1. The van der Waals surface area contributed by atoms with Gasteiger partial charge in [-0.3, -0.25) is 4.79 Å². The third kappa shape index (κ3) is 8.05. The number of alkyl halides is 1.